The number of hydrogen-bond donors (Lipinski definition) is 0. The van der Waals surface area contributed by atoms with Crippen LogP contribution in [-0.4, -0.2) is 14.8 Å². The first kappa shape index (κ1) is 10.2. The molecule has 0 aromatic carbocycles. The van der Waals surface area contributed by atoms with E-state index in [1.807, 2.05) is 7.05 Å². The topological polar surface area (TPSA) is 30.7 Å². The van der Waals surface area contributed by atoms with Crippen molar-refractivity contribution in [1.82, 2.24) is 14.8 Å². The van der Waals surface area contributed by atoms with Crippen molar-refractivity contribution in [2.24, 2.45) is 12.5 Å². The van der Waals surface area contributed by atoms with Gasteiger partial charge in [0.2, 0.25) is 0 Å². The van der Waals surface area contributed by atoms with Crippen molar-refractivity contribution >= 4 is 0 Å². The Labute approximate surface area is 80.2 Å². The Morgan fingerprint density at radius 2 is 1.69 bits per heavy atom. The summed E-state index contributed by atoms with van der Waals surface area (Å²) in [6.45, 7) is 11.0. The summed E-state index contributed by atoms with van der Waals surface area (Å²) in [5.74, 6) is 0.919. The molecule has 0 atom stereocenters. The first-order valence-electron chi connectivity index (χ1n) is 4.61. The van der Waals surface area contributed by atoms with Gasteiger partial charge in [0.1, 0.15) is 6.33 Å². The Bertz CT molecular complexity index is 291. The summed E-state index contributed by atoms with van der Waals surface area (Å²) in [5.41, 5.74) is 0.183. The Kier molecular flexibility index (Phi) is 2.22. The number of aromatic nitrogens is 3. The van der Waals surface area contributed by atoms with E-state index in [0.717, 1.165) is 5.82 Å². The van der Waals surface area contributed by atoms with Crippen molar-refractivity contribution in [1.29, 1.82) is 0 Å². The number of hydrogen-bond acceptors (Lipinski definition) is 2. The van der Waals surface area contributed by atoms with E-state index in [9.17, 15) is 0 Å². The molecule has 0 aliphatic carbocycles. The second-order valence-electron chi connectivity index (χ2n) is 5.12. The molecule has 3 heteroatoms. The molecule has 1 rings (SSSR count). The van der Waals surface area contributed by atoms with E-state index < -0.39 is 0 Å². The lowest BCUT2D eigenvalue weighted by atomic mass is 9.69. The average Bonchev–Trinajstić information content (AvgIpc) is 2.33. The van der Waals surface area contributed by atoms with E-state index in [2.05, 4.69) is 44.7 Å². The highest BCUT2D eigenvalue weighted by molar-refractivity contribution is 5.07. The molecule has 0 saturated heterocycles. The van der Waals surface area contributed by atoms with Gasteiger partial charge in [-0.2, -0.15) is 5.10 Å². The third kappa shape index (κ3) is 1.74. The van der Waals surface area contributed by atoms with Crippen LogP contribution in [0, 0.1) is 5.41 Å². The van der Waals surface area contributed by atoms with Crippen molar-refractivity contribution < 1.29 is 0 Å². The molecule has 1 aromatic rings. The highest BCUT2D eigenvalue weighted by Gasteiger charge is 2.37. The summed E-state index contributed by atoms with van der Waals surface area (Å²) < 4.78 is 1.75. The van der Waals surface area contributed by atoms with Crippen molar-refractivity contribution in [3.05, 3.63) is 12.2 Å². The SMILES string of the molecule is Cn1cnc(C(C)(C)C(C)(C)C)n1. The van der Waals surface area contributed by atoms with Crippen molar-refractivity contribution in [3.8, 4) is 0 Å². The minimum Gasteiger partial charge on any atom is -0.256 e. The van der Waals surface area contributed by atoms with E-state index in [-0.39, 0.29) is 10.8 Å². The largest absolute Gasteiger partial charge is 0.256 e. The van der Waals surface area contributed by atoms with Gasteiger partial charge in [0.05, 0.1) is 0 Å². The van der Waals surface area contributed by atoms with Crippen LogP contribution in [0.5, 0.6) is 0 Å². The van der Waals surface area contributed by atoms with Gasteiger partial charge < -0.3 is 0 Å². The molecule has 0 radical (unpaired) electrons. The molecule has 0 N–H and O–H groups in total. The fourth-order valence-corrected chi connectivity index (χ4v) is 0.961. The normalized spacial score (nSPS) is 13.4. The molecule has 74 valence electrons. The minimum absolute atomic E-state index is 0.00819. The molecular formula is C10H19N3. The average molecular weight is 181 g/mol. The van der Waals surface area contributed by atoms with E-state index in [0.29, 0.717) is 0 Å². The molecule has 13 heavy (non-hydrogen) atoms. The summed E-state index contributed by atoms with van der Waals surface area (Å²) in [6, 6.07) is 0. The lowest BCUT2D eigenvalue weighted by Gasteiger charge is -2.36. The summed E-state index contributed by atoms with van der Waals surface area (Å²) in [5, 5.41) is 4.35. The molecule has 1 aromatic heterocycles. The molecule has 0 saturated carbocycles. The zero-order valence-corrected chi connectivity index (χ0v) is 9.42. The first-order valence-corrected chi connectivity index (χ1v) is 4.61. The molecule has 0 aliphatic heterocycles. The summed E-state index contributed by atoms with van der Waals surface area (Å²) in [6.07, 6.45) is 1.75. The van der Waals surface area contributed by atoms with Gasteiger partial charge in [-0.25, -0.2) is 4.98 Å². The Balaban J connectivity index is 3.07. The van der Waals surface area contributed by atoms with Crippen LogP contribution in [0.25, 0.3) is 0 Å². The molecule has 0 unspecified atom stereocenters. The summed E-state index contributed by atoms with van der Waals surface area (Å²) in [7, 11) is 1.90. The van der Waals surface area contributed by atoms with Gasteiger partial charge in [-0.1, -0.05) is 34.6 Å². The highest BCUT2D eigenvalue weighted by Crippen LogP contribution is 2.38. The smallest absolute Gasteiger partial charge is 0.156 e. The van der Waals surface area contributed by atoms with Gasteiger partial charge in [0.25, 0.3) is 0 Å². The van der Waals surface area contributed by atoms with Crippen molar-refractivity contribution in [3.63, 3.8) is 0 Å². The Morgan fingerprint density at radius 1 is 1.15 bits per heavy atom. The van der Waals surface area contributed by atoms with E-state index in [1.54, 1.807) is 11.0 Å². The summed E-state index contributed by atoms with van der Waals surface area (Å²) >= 11 is 0. The number of nitrogens with zero attached hydrogens (tertiary/aromatic N) is 3. The van der Waals surface area contributed by atoms with Gasteiger partial charge in [-0.15, -0.1) is 0 Å². The molecule has 0 fully saturated rings. The van der Waals surface area contributed by atoms with Gasteiger partial charge in [-0.3, -0.25) is 4.68 Å². The third-order valence-electron chi connectivity index (χ3n) is 3.03. The number of rotatable bonds is 1. The van der Waals surface area contributed by atoms with Crippen LogP contribution in [0.2, 0.25) is 0 Å². The lowest BCUT2D eigenvalue weighted by molar-refractivity contribution is 0.213. The van der Waals surface area contributed by atoms with E-state index >= 15 is 0 Å². The fraction of sp³-hybridized carbons (Fsp3) is 0.800. The van der Waals surface area contributed by atoms with Gasteiger partial charge >= 0.3 is 0 Å². The fourth-order valence-electron chi connectivity index (χ4n) is 0.961. The highest BCUT2D eigenvalue weighted by atomic mass is 15.3. The quantitative estimate of drug-likeness (QED) is 0.664. The molecule has 0 amide bonds. The molecule has 0 aliphatic rings. The second kappa shape index (κ2) is 2.82. The predicted octanol–water partition coefficient (Wildman–Crippen LogP) is 2.14. The van der Waals surface area contributed by atoms with Gasteiger partial charge in [0.15, 0.2) is 5.82 Å². The van der Waals surface area contributed by atoms with Gasteiger partial charge in [0, 0.05) is 12.5 Å². The predicted molar refractivity (Wildman–Crippen MR) is 53.5 cm³/mol. The van der Waals surface area contributed by atoms with Crippen LogP contribution in [0.15, 0.2) is 6.33 Å². The molecule has 3 nitrogen and oxygen atoms in total. The van der Waals surface area contributed by atoms with Crippen molar-refractivity contribution in [2.75, 3.05) is 0 Å². The van der Waals surface area contributed by atoms with Crippen LogP contribution in [0.3, 0.4) is 0 Å². The molecular weight excluding hydrogens is 162 g/mol. The van der Waals surface area contributed by atoms with Crippen molar-refractivity contribution in [2.45, 2.75) is 40.0 Å². The van der Waals surface area contributed by atoms with Gasteiger partial charge in [-0.05, 0) is 5.41 Å². The van der Waals surface area contributed by atoms with E-state index in [1.165, 1.54) is 0 Å². The van der Waals surface area contributed by atoms with Crippen LogP contribution >= 0.6 is 0 Å². The lowest BCUT2D eigenvalue weighted by Crippen LogP contribution is -2.35. The maximum absolute atomic E-state index is 4.35. The van der Waals surface area contributed by atoms with Crippen LogP contribution < -0.4 is 0 Å². The second-order valence-corrected chi connectivity index (χ2v) is 5.12. The third-order valence-corrected chi connectivity index (χ3v) is 3.03. The minimum atomic E-state index is 0.00819. The standard InChI is InChI=1S/C10H19N3/c1-9(2,3)10(4,5)8-11-7-13(6)12-8/h7H,1-6H3. The zero-order chi connectivity index (χ0) is 10.3. The van der Waals surface area contributed by atoms with E-state index in [4.69, 9.17) is 0 Å². The maximum atomic E-state index is 4.35. The number of aryl methyl sites for hydroxylation is 1. The molecule has 1 heterocycles. The van der Waals surface area contributed by atoms with Crippen LogP contribution in [0.4, 0.5) is 0 Å². The Morgan fingerprint density at radius 3 is 2.00 bits per heavy atom. The molecule has 0 spiro atoms. The first-order chi connectivity index (χ1) is 5.75. The van der Waals surface area contributed by atoms with Crippen LogP contribution in [-0.2, 0) is 12.5 Å². The maximum Gasteiger partial charge on any atom is 0.156 e. The summed E-state index contributed by atoms with van der Waals surface area (Å²) in [4.78, 5) is 4.31. The monoisotopic (exact) mass is 181 g/mol. The van der Waals surface area contributed by atoms with Crippen LogP contribution in [0.1, 0.15) is 40.4 Å². The zero-order valence-electron chi connectivity index (χ0n) is 9.42. The Hall–Kier alpha value is -0.860. The molecule has 0 bridgehead atoms.